The number of carbonyl (C=O) groups is 3. The van der Waals surface area contributed by atoms with E-state index in [2.05, 4.69) is 20.6 Å². The van der Waals surface area contributed by atoms with Gasteiger partial charge in [0.05, 0.1) is 30.1 Å². The van der Waals surface area contributed by atoms with Gasteiger partial charge < -0.3 is 30.6 Å². The van der Waals surface area contributed by atoms with Crippen molar-refractivity contribution in [2.24, 2.45) is 5.41 Å². The molecule has 2 aromatic heterocycles. The standard InChI is InChI=1S/C41H50N6O5/c1-27-11-9-15-32(42-27)26-46-21-22-47(40(46)52)37(41(3,4)5)38(49)44-33(23-29-13-7-6-8-14-29)25-36(48)35(45-39(50)51)24-30-17-19-31(20-18-30)34-16-10-12-28(2)43-34/h6-20,33,35-37,45,48H,21-26H2,1-5H3,(H,44,49)(H,50,51)/t33-,35-,36-,37+/m0/s1. The number of hydrogen-bond acceptors (Lipinski definition) is 6. The van der Waals surface area contributed by atoms with Gasteiger partial charge in [0.2, 0.25) is 5.91 Å². The van der Waals surface area contributed by atoms with E-state index < -0.39 is 35.7 Å². The fourth-order valence-corrected chi connectivity index (χ4v) is 6.91. The first-order valence-corrected chi connectivity index (χ1v) is 17.8. The zero-order chi connectivity index (χ0) is 37.4. The molecule has 0 saturated carbocycles. The zero-order valence-corrected chi connectivity index (χ0v) is 30.6. The second-order valence-electron chi connectivity index (χ2n) is 14.8. The van der Waals surface area contributed by atoms with E-state index in [-0.39, 0.29) is 24.8 Å². The van der Waals surface area contributed by atoms with E-state index in [0.717, 1.165) is 39.5 Å². The van der Waals surface area contributed by atoms with Crippen molar-refractivity contribution in [1.29, 1.82) is 0 Å². The van der Waals surface area contributed by atoms with Crippen LogP contribution in [0, 0.1) is 19.3 Å². The van der Waals surface area contributed by atoms with Gasteiger partial charge in [0.1, 0.15) is 6.04 Å². The van der Waals surface area contributed by atoms with Crippen molar-refractivity contribution in [3.8, 4) is 11.3 Å². The number of aryl methyl sites for hydroxylation is 2. The number of amides is 4. The summed E-state index contributed by atoms with van der Waals surface area (Å²) in [5.41, 5.74) is 5.51. The lowest BCUT2D eigenvalue weighted by atomic mass is 9.84. The Hall–Kier alpha value is -5.29. The van der Waals surface area contributed by atoms with Crippen LogP contribution in [0.2, 0.25) is 0 Å². The molecule has 4 aromatic rings. The van der Waals surface area contributed by atoms with Crippen LogP contribution in [0.3, 0.4) is 0 Å². The topological polar surface area (TPSA) is 148 Å². The summed E-state index contributed by atoms with van der Waals surface area (Å²) in [7, 11) is 0. The summed E-state index contributed by atoms with van der Waals surface area (Å²) < 4.78 is 0. The van der Waals surface area contributed by atoms with Crippen molar-refractivity contribution in [1.82, 2.24) is 30.4 Å². The minimum absolute atomic E-state index is 0.0762. The molecule has 4 N–H and O–H groups in total. The van der Waals surface area contributed by atoms with Gasteiger partial charge in [-0.1, -0.05) is 87.5 Å². The molecule has 0 bridgehead atoms. The predicted molar refractivity (Wildman–Crippen MR) is 200 cm³/mol. The van der Waals surface area contributed by atoms with Crippen LogP contribution in [0.5, 0.6) is 0 Å². The van der Waals surface area contributed by atoms with Gasteiger partial charge >= 0.3 is 12.1 Å². The summed E-state index contributed by atoms with van der Waals surface area (Å²) in [6, 6.07) is 26.4. The van der Waals surface area contributed by atoms with Crippen molar-refractivity contribution in [2.75, 3.05) is 13.1 Å². The van der Waals surface area contributed by atoms with Crippen LogP contribution in [-0.2, 0) is 24.2 Å². The number of aliphatic hydroxyl groups excluding tert-OH is 1. The lowest BCUT2D eigenvalue weighted by molar-refractivity contribution is -0.129. The highest BCUT2D eigenvalue weighted by molar-refractivity contribution is 5.89. The molecule has 4 atom stereocenters. The van der Waals surface area contributed by atoms with Crippen molar-refractivity contribution in [3.63, 3.8) is 0 Å². The van der Waals surface area contributed by atoms with E-state index in [1.165, 1.54) is 0 Å². The maximum absolute atomic E-state index is 14.3. The van der Waals surface area contributed by atoms with Gasteiger partial charge in [-0.25, -0.2) is 9.59 Å². The minimum Gasteiger partial charge on any atom is -0.465 e. The van der Waals surface area contributed by atoms with E-state index >= 15 is 0 Å². The maximum atomic E-state index is 14.3. The highest BCUT2D eigenvalue weighted by atomic mass is 16.4. The van der Waals surface area contributed by atoms with Crippen LogP contribution >= 0.6 is 0 Å². The van der Waals surface area contributed by atoms with Gasteiger partial charge in [0.15, 0.2) is 0 Å². The average Bonchev–Trinajstić information content (AvgIpc) is 3.42. The van der Waals surface area contributed by atoms with Gasteiger partial charge in [-0.3, -0.25) is 14.8 Å². The van der Waals surface area contributed by atoms with Gasteiger partial charge in [-0.05, 0) is 73.9 Å². The summed E-state index contributed by atoms with van der Waals surface area (Å²) in [4.78, 5) is 52.4. The first kappa shape index (κ1) is 38.0. The van der Waals surface area contributed by atoms with Crippen LogP contribution in [-0.4, -0.2) is 85.3 Å². The Morgan fingerprint density at radius 1 is 0.808 bits per heavy atom. The second kappa shape index (κ2) is 16.8. The Labute approximate surface area is 306 Å². The Morgan fingerprint density at radius 2 is 1.46 bits per heavy atom. The van der Waals surface area contributed by atoms with E-state index in [1.807, 2.05) is 126 Å². The van der Waals surface area contributed by atoms with Crippen LogP contribution in [0.25, 0.3) is 11.3 Å². The number of benzene rings is 2. The molecular formula is C41H50N6O5. The number of pyridine rings is 2. The molecule has 1 aliphatic rings. The van der Waals surface area contributed by atoms with Crippen molar-refractivity contribution < 1.29 is 24.6 Å². The summed E-state index contributed by atoms with van der Waals surface area (Å²) >= 11 is 0. The molecule has 4 amide bonds. The first-order valence-electron chi connectivity index (χ1n) is 17.8. The zero-order valence-electron chi connectivity index (χ0n) is 30.6. The summed E-state index contributed by atoms with van der Waals surface area (Å²) in [5.74, 6) is -0.326. The Balaban J connectivity index is 1.33. The highest BCUT2D eigenvalue weighted by Crippen LogP contribution is 2.29. The second-order valence-corrected chi connectivity index (χ2v) is 14.8. The van der Waals surface area contributed by atoms with E-state index in [4.69, 9.17) is 0 Å². The third kappa shape index (κ3) is 10.2. The number of nitrogens with zero attached hydrogens (tertiary/aromatic N) is 4. The fraction of sp³-hybridized carbons (Fsp3) is 0.390. The lowest BCUT2D eigenvalue weighted by Gasteiger charge is -2.38. The van der Waals surface area contributed by atoms with Crippen molar-refractivity contribution in [2.45, 2.75) is 84.7 Å². The van der Waals surface area contributed by atoms with Crippen LogP contribution in [0.4, 0.5) is 9.59 Å². The molecule has 2 aromatic carbocycles. The van der Waals surface area contributed by atoms with E-state index in [0.29, 0.717) is 26.1 Å². The van der Waals surface area contributed by atoms with Gasteiger partial charge in [-0.15, -0.1) is 0 Å². The fourth-order valence-electron chi connectivity index (χ4n) is 6.91. The molecule has 11 nitrogen and oxygen atoms in total. The number of aliphatic hydroxyl groups is 1. The normalized spacial score (nSPS) is 15.5. The largest absolute Gasteiger partial charge is 0.465 e. The summed E-state index contributed by atoms with van der Waals surface area (Å²) in [5, 5.41) is 27.0. The number of aromatic nitrogens is 2. The summed E-state index contributed by atoms with van der Waals surface area (Å²) in [6.07, 6.45) is -1.68. The molecule has 5 rings (SSSR count). The molecule has 0 spiro atoms. The van der Waals surface area contributed by atoms with Gasteiger partial charge in [0.25, 0.3) is 0 Å². The molecule has 1 aliphatic heterocycles. The molecular weight excluding hydrogens is 656 g/mol. The Morgan fingerprint density at radius 3 is 2.10 bits per heavy atom. The maximum Gasteiger partial charge on any atom is 0.404 e. The number of nitrogens with one attached hydrogen (secondary N) is 2. The Bertz CT molecular complexity index is 1830. The first-order chi connectivity index (χ1) is 24.8. The third-order valence-electron chi connectivity index (χ3n) is 9.37. The van der Waals surface area contributed by atoms with Crippen LogP contribution < -0.4 is 10.6 Å². The molecule has 0 unspecified atom stereocenters. The number of carboxylic acid groups (broad SMARTS) is 1. The number of rotatable bonds is 14. The number of urea groups is 1. The van der Waals surface area contributed by atoms with Crippen LogP contribution in [0.15, 0.2) is 91.0 Å². The van der Waals surface area contributed by atoms with Crippen LogP contribution in [0.1, 0.15) is 55.4 Å². The lowest BCUT2D eigenvalue weighted by Crippen LogP contribution is -2.57. The smallest absolute Gasteiger partial charge is 0.404 e. The highest BCUT2D eigenvalue weighted by Gasteiger charge is 2.44. The van der Waals surface area contributed by atoms with E-state index in [1.54, 1.807) is 9.80 Å². The molecule has 52 heavy (non-hydrogen) atoms. The summed E-state index contributed by atoms with van der Waals surface area (Å²) in [6.45, 7) is 10.8. The van der Waals surface area contributed by atoms with Gasteiger partial charge in [-0.2, -0.15) is 0 Å². The molecule has 0 aliphatic carbocycles. The van der Waals surface area contributed by atoms with Gasteiger partial charge in [0, 0.05) is 36.1 Å². The van der Waals surface area contributed by atoms with Crippen molar-refractivity contribution in [3.05, 3.63) is 119 Å². The van der Waals surface area contributed by atoms with E-state index in [9.17, 15) is 24.6 Å². The number of hydrogen-bond donors (Lipinski definition) is 4. The SMILES string of the molecule is Cc1cccc(CN2CCN([C@H](C(=O)N[C@@H](Cc3ccccc3)C[C@H](O)[C@H](Cc3ccc(-c4cccc(C)n4)cc3)NC(=O)O)C(C)(C)C)C2=O)n1. The quantitative estimate of drug-likeness (QED) is 0.130. The average molecular weight is 707 g/mol. The molecule has 1 fully saturated rings. The minimum atomic E-state index is -1.25. The molecule has 11 heteroatoms. The predicted octanol–water partition coefficient (Wildman–Crippen LogP) is 5.77. The third-order valence-corrected chi connectivity index (χ3v) is 9.37. The molecule has 3 heterocycles. The Kier molecular flexibility index (Phi) is 12.3. The molecule has 274 valence electrons. The molecule has 0 radical (unpaired) electrons. The monoisotopic (exact) mass is 706 g/mol. The number of carbonyl (C=O) groups excluding carboxylic acids is 2. The van der Waals surface area contributed by atoms with Crippen molar-refractivity contribution >= 4 is 18.0 Å². The molecule has 1 saturated heterocycles.